The standard InChI is InChI=1S/C21H17F3N3OS/c1-2-16-13-27(20-26-9-10-29-20,18-5-3-4-6-19(18)28-16)17-8-7-15(21(22,23)24)11-14(17)12-25/h3-11,16H,2,13H2,1H3/q+1/t16?,27-/m0/s1. The topological polar surface area (TPSA) is 45.9 Å². The van der Waals surface area contributed by atoms with E-state index < -0.39 is 11.7 Å². The fourth-order valence-corrected chi connectivity index (χ4v) is 4.57. The number of thiazole rings is 1. The Morgan fingerprint density at radius 2 is 2.03 bits per heavy atom. The number of aromatic nitrogens is 1. The molecule has 2 aromatic carbocycles. The summed E-state index contributed by atoms with van der Waals surface area (Å²) in [5.74, 6) is 0.643. The second-order valence-electron chi connectivity index (χ2n) is 6.76. The van der Waals surface area contributed by atoms with Crippen LogP contribution in [0.2, 0.25) is 0 Å². The molecule has 8 heteroatoms. The van der Waals surface area contributed by atoms with Crippen LogP contribution in [-0.4, -0.2) is 17.6 Å². The summed E-state index contributed by atoms with van der Waals surface area (Å²) in [7, 11) is 0. The van der Waals surface area contributed by atoms with Crippen LogP contribution >= 0.6 is 11.3 Å². The molecule has 0 saturated heterocycles. The summed E-state index contributed by atoms with van der Waals surface area (Å²) in [6.07, 6.45) is -2.33. The van der Waals surface area contributed by atoms with Crippen LogP contribution in [0.1, 0.15) is 24.5 Å². The Bertz CT molecular complexity index is 1080. The van der Waals surface area contributed by atoms with Gasteiger partial charge >= 0.3 is 6.18 Å². The number of nitriles is 1. The highest BCUT2D eigenvalue weighted by Gasteiger charge is 2.48. The molecule has 0 fully saturated rings. The fourth-order valence-electron chi connectivity index (χ4n) is 3.76. The first-order chi connectivity index (χ1) is 13.9. The zero-order chi connectivity index (χ0) is 20.6. The molecule has 4 nitrogen and oxygen atoms in total. The normalized spacial score (nSPS) is 21.1. The molecule has 2 heterocycles. The van der Waals surface area contributed by atoms with Gasteiger partial charge in [0.2, 0.25) is 0 Å². The average Bonchev–Trinajstić information content (AvgIpc) is 3.27. The number of fused-ring (bicyclic) bond motifs is 1. The molecule has 0 radical (unpaired) electrons. The number of quaternary nitrogens is 1. The fraction of sp³-hybridized carbons (Fsp3) is 0.238. The lowest BCUT2D eigenvalue weighted by Crippen LogP contribution is -2.50. The van der Waals surface area contributed by atoms with Gasteiger partial charge in [0.25, 0.3) is 5.13 Å². The van der Waals surface area contributed by atoms with E-state index in [9.17, 15) is 18.4 Å². The van der Waals surface area contributed by atoms with E-state index >= 15 is 0 Å². The third-order valence-corrected chi connectivity index (χ3v) is 5.99. The lowest BCUT2D eigenvalue weighted by Gasteiger charge is -2.41. The van der Waals surface area contributed by atoms with Gasteiger partial charge < -0.3 is 4.74 Å². The summed E-state index contributed by atoms with van der Waals surface area (Å²) in [4.78, 5) is 4.51. The van der Waals surface area contributed by atoms with Gasteiger partial charge in [-0.2, -0.15) is 27.9 Å². The van der Waals surface area contributed by atoms with Crippen molar-refractivity contribution in [3.8, 4) is 11.8 Å². The highest BCUT2D eigenvalue weighted by atomic mass is 32.1. The molecule has 0 saturated carbocycles. The summed E-state index contributed by atoms with van der Waals surface area (Å²) < 4.78 is 45.9. The van der Waals surface area contributed by atoms with Crippen molar-refractivity contribution in [2.75, 3.05) is 6.54 Å². The number of halogens is 3. The van der Waals surface area contributed by atoms with Crippen LogP contribution in [-0.2, 0) is 6.18 Å². The molecule has 0 N–H and O–H groups in total. The Labute approximate surface area is 170 Å². The van der Waals surface area contributed by atoms with Crippen LogP contribution < -0.4 is 9.22 Å². The van der Waals surface area contributed by atoms with Gasteiger partial charge in [0.05, 0.1) is 5.56 Å². The maximum atomic E-state index is 13.3. The van der Waals surface area contributed by atoms with E-state index in [1.54, 1.807) is 6.20 Å². The van der Waals surface area contributed by atoms with Gasteiger partial charge in [0.1, 0.15) is 24.3 Å². The molecule has 1 aromatic heterocycles. The number of hydrogen-bond donors (Lipinski definition) is 0. The Balaban J connectivity index is 2.05. The molecule has 0 amide bonds. The lowest BCUT2D eigenvalue weighted by atomic mass is 10.0. The van der Waals surface area contributed by atoms with E-state index in [-0.39, 0.29) is 16.2 Å². The molecule has 3 aromatic rings. The van der Waals surface area contributed by atoms with Gasteiger partial charge in [-0.25, -0.2) is 0 Å². The van der Waals surface area contributed by atoms with Gasteiger partial charge in [-0.05, 0) is 24.6 Å². The number of hydrogen-bond acceptors (Lipinski definition) is 4. The van der Waals surface area contributed by atoms with Crippen molar-refractivity contribution in [2.24, 2.45) is 0 Å². The van der Waals surface area contributed by atoms with Gasteiger partial charge in [0.15, 0.2) is 17.1 Å². The molecule has 4 rings (SSSR count). The van der Waals surface area contributed by atoms with Crippen LogP contribution in [0.4, 0.5) is 29.7 Å². The van der Waals surface area contributed by atoms with Gasteiger partial charge in [-0.1, -0.05) is 30.4 Å². The van der Waals surface area contributed by atoms with Crippen molar-refractivity contribution >= 4 is 27.8 Å². The number of alkyl halides is 3. The molecular weight excluding hydrogens is 399 g/mol. The molecule has 1 aliphatic heterocycles. The van der Waals surface area contributed by atoms with Gasteiger partial charge in [-0.15, -0.1) is 0 Å². The zero-order valence-corrected chi connectivity index (χ0v) is 16.3. The van der Waals surface area contributed by atoms with Crippen molar-refractivity contribution < 1.29 is 17.9 Å². The first kappa shape index (κ1) is 19.4. The quantitative estimate of drug-likeness (QED) is 0.479. The highest BCUT2D eigenvalue weighted by molar-refractivity contribution is 7.13. The minimum Gasteiger partial charge on any atom is -0.478 e. The first-order valence-corrected chi connectivity index (χ1v) is 9.94. The third-order valence-electron chi connectivity index (χ3n) is 5.10. The van der Waals surface area contributed by atoms with E-state index in [4.69, 9.17) is 4.74 Å². The molecule has 1 unspecified atom stereocenters. The van der Waals surface area contributed by atoms with Crippen molar-refractivity contribution in [2.45, 2.75) is 25.6 Å². The smallest absolute Gasteiger partial charge is 0.416 e. The Kier molecular flexibility index (Phi) is 4.81. The van der Waals surface area contributed by atoms with Crippen LogP contribution in [0.25, 0.3) is 0 Å². The van der Waals surface area contributed by atoms with Crippen molar-refractivity contribution in [3.05, 3.63) is 65.2 Å². The molecule has 0 aliphatic carbocycles. The predicted molar refractivity (Wildman–Crippen MR) is 105 cm³/mol. The third kappa shape index (κ3) is 3.16. The number of para-hydroxylation sites is 2. The maximum absolute atomic E-state index is 13.3. The molecule has 0 bridgehead atoms. The van der Waals surface area contributed by atoms with Crippen molar-refractivity contribution in [3.63, 3.8) is 0 Å². The SMILES string of the molecule is CCC1C[N@+](c2nccs2)(c2ccc(C(F)(F)F)cc2C#N)c2ccccc2O1. The van der Waals surface area contributed by atoms with E-state index in [1.165, 1.54) is 17.4 Å². The van der Waals surface area contributed by atoms with E-state index in [0.29, 0.717) is 29.5 Å². The second kappa shape index (κ2) is 7.17. The first-order valence-electron chi connectivity index (χ1n) is 9.06. The summed E-state index contributed by atoms with van der Waals surface area (Å²) in [6, 6.07) is 12.7. The van der Waals surface area contributed by atoms with Gasteiger partial charge in [0, 0.05) is 23.7 Å². The lowest BCUT2D eigenvalue weighted by molar-refractivity contribution is -0.137. The van der Waals surface area contributed by atoms with Crippen molar-refractivity contribution in [1.82, 2.24) is 9.47 Å². The molecule has 0 spiro atoms. The average molecular weight is 416 g/mol. The highest BCUT2D eigenvalue weighted by Crippen LogP contribution is 2.53. The number of ether oxygens (including phenoxy) is 1. The number of benzene rings is 2. The predicted octanol–water partition coefficient (Wildman–Crippen LogP) is 6.18. The Morgan fingerprint density at radius 3 is 2.69 bits per heavy atom. The minimum atomic E-state index is -4.52. The molecule has 29 heavy (non-hydrogen) atoms. The van der Waals surface area contributed by atoms with E-state index in [0.717, 1.165) is 17.8 Å². The number of rotatable bonds is 3. The molecule has 1 aliphatic rings. The van der Waals surface area contributed by atoms with Crippen molar-refractivity contribution in [1.29, 1.82) is 5.26 Å². The van der Waals surface area contributed by atoms with Crippen LogP contribution in [0.15, 0.2) is 54.0 Å². The van der Waals surface area contributed by atoms with Crippen LogP contribution in [0, 0.1) is 11.3 Å². The van der Waals surface area contributed by atoms with E-state index in [2.05, 4.69) is 4.98 Å². The summed E-state index contributed by atoms with van der Waals surface area (Å²) in [6.45, 7) is 2.42. The summed E-state index contributed by atoms with van der Waals surface area (Å²) in [5, 5.41) is 12.2. The van der Waals surface area contributed by atoms with Crippen LogP contribution in [0.3, 0.4) is 0 Å². The summed E-state index contributed by atoms with van der Waals surface area (Å²) in [5.41, 5.74) is 0.346. The zero-order valence-electron chi connectivity index (χ0n) is 15.5. The maximum Gasteiger partial charge on any atom is 0.416 e. The van der Waals surface area contributed by atoms with Gasteiger partial charge in [-0.3, -0.25) is 0 Å². The van der Waals surface area contributed by atoms with E-state index in [1.807, 2.05) is 42.6 Å². The Hall–Kier alpha value is -2.89. The number of nitrogens with zero attached hydrogens (tertiary/aromatic N) is 3. The second-order valence-corrected chi connectivity index (χ2v) is 7.64. The minimum absolute atomic E-state index is 0.0263. The molecule has 2 atom stereocenters. The largest absolute Gasteiger partial charge is 0.478 e. The molecular formula is C21H17F3N3OS+. The van der Waals surface area contributed by atoms with Crippen LogP contribution in [0.5, 0.6) is 5.75 Å². The molecule has 148 valence electrons. The summed E-state index contributed by atoms with van der Waals surface area (Å²) >= 11 is 1.40. The monoisotopic (exact) mass is 416 g/mol. The Morgan fingerprint density at radius 1 is 1.24 bits per heavy atom.